The number of carbonyl (C=O) groups is 6. The molecule has 2 atom stereocenters. The molecule has 0 saturated carbocycles. The number of likely N-dealkylation sites (tertiary alicyclic amines) is 1. The number of hydrogen-bond donors (Lipinski definition) is 3. The Bertz CT molecular complexity index is 1220. The number of nitrogens with one attached hydrogen (secondary N) is 2. The van der Waals surface area contributed by atoms with Crippen molar-refractivity contribution in [2.75, 3.05) is 26.2 Å². The van der Waals surface area contributed by atoms with E-state index in [1.807, 2.05) is 26.8 Å². The van der Waals surface area contributed by atoms with Gasteiger partial charge >= 0.3 is 18.0 Å². The number of likely N-dealkylation sites (N-methyl/N-ethyl adjacent to an activating group) is 1. The molecule has 0 unspecified atom stereocenters. The van der Waals surface area contributed by atoms with E-state index in [2.05, 4.69) is 10.6 Å². The lowest BCUT2D eigenvalue weighted by Gasteiger charge is -2.33. The highest BCUT2D eigenvalue weighted by atomic mass is 16.6. The quantitative estimate of drug-likeness (QED) is 0.164. The van der Waals surface area contributed by atoms with Crippen LogP contribution in [0.1, 0.15) is 92.1 Å². The monoisotopic (exact) mass is 674 g/mol. The first-order chi connectivity index (χ1) is 22.6. The zero-order valence-corrected chi connectivity index (χ0v) is 29.3. The Hall–Kier alpha value is -4.16. The number of hydrogen-bond acceptors (Lipinski definition) is 8. The number of carboxylic acids is 1. The van der Waals surface area contributed by atoms with Crippen LogP contribution in [0.3, 0.4) is 0 Å². The van der Waals surface area contributed by atoms with Gasteiger partial charge in [-0.1, -0.05) is 57.0 Å². The molecule has 1 aliphatic rings. The SMILES string of the molecule is CCN(CC(=O)N[C@@H](CC(=O)O)C(=O)N[C@H](C(=O)OCc1ccccc1)C(C)C)C(=O)CCCCC1CCN(C(=O)OC(C)(C)C)CC1. The largest absolute Gasteiger partial charge is 0.481 e. The van der Waals surface area contributed by atoms with Crippen molar-refractivity contribution >= 4 is 35.8 Å². The second kappa shape index (κ2) is 19.6. The molecule has 48 heavy (non-hydrogen) atoms. The van der Waals surface area contributed by atoms with E-state index in [4.69, 9.17) is 9.47 Å². The number of unbranched alkanes of at least 4 members (excludes halogenated alkanes) is 1. The third-order valence-electron chi connectivity index (χ3n) is 8.06. The van der Waals surface area contributed by atoms with Gasteiger partial charge in [0.1, 0.15) is 24.3 Å². The molecule has 1 aromatic rings. The predicted molar refractivity (Wildman–Crippen MR) is 178 cm³/mol. The highest BCUT2D eigenvalue weighted by Crippen LogP contribution is 2.24. The van der Waals surface area contributed by atoms with Gasteiger partial charge in [-0.3, -0.25) is 19.2 Å². The fraction of sp³-hybridized carbons (Fsp3) is 0.657. The fourth-order valence-electron chi connectivity index (χ4n) is 5.34. The summed E-state index contributed by atoms with van der Waals surface area (Å²) in [6.07, 6.45) is 3.42. The molecule has 0 radical (unpaired) electrons. The Morgan fingerprint density at radius 3 is 2.21 bits per heavy atom. The normalized spacial score (nSPS) is 14.9. The second-order valence-electron chi connectivity index (χ2n) is 13.6. The van der Waals surface area contributed by atoms with Crippen molar-refractivity contribution < 1.29 is 43.3 Å². The van der Waals surface area contributed by atoms with E-state index < -0.39 is 47.9 Å². The van der Waals surface area contributed by atoms with Crippen molar-refractivity contribution in [1.29, 1.82) is 0 Å². The summed E-state index contributed by atoms with van der Waals surface area (Å²) >= 11 is 0. The van der Waals surface area contributed by atoms with Crippen LogP contribution in [-0.4, -0.2) is 94.5 Å². The molecule has 4 amide bonds. The number of amides is 4. The van der Waals surface area contributed by atoms with Crippen LogP contribution in [0.4, 0.5) is 4.79 Å². The number of aliphatic carboxylic acids is 1. The van der Waals surface area contributed by atoms with E-state index in [1.165, 1.54) is 4.90 Å². The van der Waals surface area contributed by atoms with Crippen LogP contribution >= 0.6 is 0 Å². The Balaban J connectivity index is 1.83. The van der Waals surface area contributed by atoms with Gasteiger partial charge < -0.3 is 35.0 Å². The number of carboxylic acid groups (broad SMARTS) is 1. The molecule has 3 N–H and O–H groups in total. The molecule has 13 nitrogen and oxygen atoms in total. The molecule has 1 aliphatic heterocycles. The van der Waals surface area contributed by atoms with E-state index in [-0.39, 0.29) is 44.0 Å². The zero-order chi connectivity index (χ0) is 35.9. The van der Waals surface area contributed by atoms with E-state index in [0.717, 1.165) is 31.2 Å². The Kier molecular flexibility index (Phi) is 16.3. The number of ether oxygens (including phenoxy) is 2. The highest BCUT2D eigenvalue weighted by molar-refractivity contribution is 5.94. The topological polar surface area (TPSA) is 172 Å². The van der Waals surface area contributed by atoms with Crippen LogP contribution < -0.4 is 10.6 Å². The average Bonchev–Trinajstić information content (AvgIpc) is 3.02. The van der Waals surface area contributed by atoms with Crippen LogP contribution in [0.25, 0.3) is 0 Å². The molecule has 0 aromatic heterocycles. The van der Waals surface area contributed by atoms with Crippen molar-refractivity contribution in [3.63, 3.8) is 0 Å². The summed E-state index contributed by atoms with van der Waals surface area (Å²) in [6, 6.07) is 6.49. The molecule has 13 heteroatoms. The first-order valence-electron chi connectivity index (χ1n) is 16.9. The molecule has 1 aromatic carbocycles. The Morgan fingerprint density at radius 1 is 1.00 bits per heavy atom. The van der Waals surface area contributed by atoms with Gasteiger partial charge in [-0.15, -0.1) is 0 Å². The van der Waals surface area contributed by atoms with E-state index in [9.17, 15) is 33.9 Å². The van der Waals surface area contributed by atoms with E-state index >= 15 is 0 Å². The lowest BCUT2D eigenvalue weighted by Crippen LogP contribution is -2.55. The maximum atomic E-state index is 13.1. The number of piperidine rings is 1. The van der Waals surface area contributed by atoms with Gasteiger partial charge in [-0.2, -0.15) is 0 Å². The summed E-state index contributed by atoms with van der Waals surface area (Å²) in [7, 11) is 0. The van der Waals surface area contributed by atoms with Crippen molar-refractivity contribution in [2.24, 2.45) is 11.8 Å². The van der Waals surface area contributed by atoms with Gasteiger partial charge in [0.25, 0.3) is 0 Å². The number of carbonyl (C=O) groups excluding carboxylic acids is 5. The van der Waals surface area contributed by atoms with Crippen molar-refractivity contribution in [3.8, 4) is 0 Å². The van der Waals surface area contributed by atoms with Crippen LogP contribution in [-0.2, 0) is 40.1 Å². The predicted octanol–water partition coefficient (Wildman–Crippen LogP) is 3.89. The molecule has 0 spiro atoms. The molecule has 268 valence electrons. The Labute approximate surface area is 284 Å². The standard InChI is InChI=1S/C35H54N4O9/c1-7-38(29(41)16-12-11-13-25-17-19-39(20-18-25)34(46)48-35(4,5)6)22-28(40)36-27(21-30(42)43)32(44)37-31(24(2)3)33(45)47-23-26-14-9-8-10-15-26/h8-10,14-15,24-25,27,31H,7,11-13,16-23H2,1-6H3,(H,36,40)(H,37,44)(H,42,43)/t27-,31-/m0/s1. The van der Waals surface area contributed by atoms with Crippen LogP contribution in [0.15, 0.2) is 30.3 Å². The summed E-state index contributed by atoms with van der Waals surface area (Å²) in [5, 5.41) is 14.4. The second-order valence-corrected chi connectivity index (χ2v) is 13.6. The molecule has 1 fully saturated rings. The summed E-state index contributed by atoms with van der Waals surface area (Å²) in [5.74, 6) is -3.66. The minimum Gasteiger partial charge on any atom is -0.481 e. The third kappa shape index (κ3) is 14.7. The van der Waals surface area contributed by atoms with Crippen LogP contribution in [0.2, 0.25) is 0 Å². The average molecular weight is 675 g/mol. The molecule has 2 rings (SSSR count). The first-order valence-corrected chi connectivity index (χ1v) is 16.9. The van der Waals surface area contributed by atoms with Crippen molar-refractivity contribution in [1.82, 2.24) is 20.4 Å². The Morgan fingerprint density at radius 2 is 1.65 bits per heavy atom. The van der Waals surface area contributed by atoms with Crippen molar-refractivity contribution in [2.45, 2.75) is 111 Å². The zero-order valence-electron chi connectivity index (χ0n) is 29.3. The number of benzene rings is 1. The van der Waals surface area contributed by atoms with E-state index in [0.29, 0.717) is 25.4 Å². The molecular formula is C35H54N4O9. The summed E-state index contributed by atoms with van der Waals surface area (Å²) in [6.45, 7) is 11.9. The van der Waals surface area contributed by atoms with Crippen molar-refractivity contribution in [3.05, 3.63) is 35.9 Å². The maximum Gasteiger partial charge on any atom is 0.410 e. The highest BCUT2D eigenvalue weighted by Gasteiger charge is 2.32. The summed E-state index contributed by atoms with van der Waals surface area (Å²) in [4.78, 5) is 78.7. The summed E-state index contributed by atoms with van der Waals surface area (Å²) in [5.41, 5.74) is 0.239. The first kappa shape index (κ1) is 40.0. The van der Waals surface area contributed by atoms with Gasteiger partial charge in [0.2, 0.25) is 17.7 Å². The molecule has 1 heterocycles. The van der Waals surface area contributed by atoms with Gasteiger partial charge in [-0.25, -0.2) is 9.59 Å². The summed E-state index contributed by atoms with van der Waals surface area (Å²) < 4.78 is 10.8. The molecule has 0 aliphatic carbocycles. The lowest BCUT2D eigenvalue weighted by molar-refractivity contribution is -0.151. The number of esters is 1. The number of rotatable bonds is 17. The fourth-order valence-corrected chi connectivity index (χ4v) is 5.34. The lowest BCUT2D eigenvalue weighted by atomic mass is 9.91. The number of nitrogens with zero attached hydrogens (tertiary/aromatic N) is 2. The molecule has 1 saturated heterocycles. The maximum absolute atomic E-state index is 13.1. The van der Waals surface area contributed by atoms with Crippen LogP contribution in [0, 0.1) is 11.8 Å². The van der Waals surface area contributed by atoms with E-state index in [1.54, 1.807) is 49.9 Å². The smallest absolute Gasteiger partial charge is 0.410 e. The van der Waals surface area contributed by atoms with Gasteiger partial charge in [0.15, 0.2) is 0 Å². The minimum absolute atomic E-state index is 0.00407. The third-order valence-corrected chi connectivity index (χ3v) is 8.06. The van der Waals surface area contributed by atoms with Gasteiger partial charge in [0.05, 0.1) is 13.0 Å². The van der Waals surface area contributed by atoms with Gasteiger partial charge in [-0.05, 0) is 64.4 Å². The van der Waals surface area contributed by atoms with Crippen LogP contribution in [0.5, 0.6) is 0 Å². The van der Waals surface area contributed by atoms with Gasteiger partial charge in [0, 0.05) is 26.1 Å². The molecular weight excluding hydrogens is 620 g/mol. The molecule has 0 bridgehead atoms. The minimum atomic E-state index is -1.46.